The van der Waals surface area contributed by atoms with Crippen molar-refractivity contribution in [2.24, 2.45) is 17.3 Å². The Hall–Kier alpha value is -2.25. The van der Waals surface area contributed by atoms with Crippen LogP contribution in [0.25, 0.3) is 0 Å². The monoisotopic (exact) mass is 424 g/mol. The summed E-state index contributed by atoms with van der Waals surface area (Å²) in [7, 11) is 0. The maximum Gasteiger partial charge on any atom is 0.338 e. The summed E-state index contributed by atoms with van der Waals surface area (Å²) in [6, 6.07) is 9.24. The number of ether oxygens (including phenoxy) is 3. The van der Waals surface area contributed by atoms with Crippen molar-refractivity contribution in [2.75, 3.05) is 0 Å². The van der Waals surface area contributed by atoms with Crippen LogP contribution >= 0.6 is 12.2 Å². The van der Waals surface area contributed by atoms with Gasteiger partial charge in [0.05, 0.1) is 17.1 Å². The molecule has 4 aliphatic rings. The van der Waals surface area contributed by atoms with Crippen molar-refractivity contribution in [1.29, 1.82) is 0 Å². The number of thiocarbonyl (C=S) groups is 1. The van der Waals surface area contributed by atoms with E-state index in [1.54, 1.807) is 35.4 Å². The van der Waals surface area contributed by atoms with Crippen LogP contribution in [0.1, 0.15) is 42.5 Å². The molecule has 6 rings (SSSR count). The van der Waals surface area contributed by atoms with Gasteiger partial charge in [0.25, 0.3) is 5.17 Å². The molecule has 1 aromatic carbocycles. The molecule has 1 aliphatic heterocycles. The molecule has 156 valence electrons. The number of carbonyl (C=O) groups excluding carboxylic acids is 1. The van der Waals surface area contributed by atoms with Gasteiger partial charge in [-0.05, 0) is 68.3 Å². The van der Waals surface area contributed by atoms with E-state index in [0.717, 1.165) is 32.1 Å². The van der Waals surface area contributed by atoms with Gasteiger partial charge in [0.2, 0.25) is 0 Å². The van der Waals surface area contributed by atoms with Crippen LogP contribution in [0.15, 0.2) is 49.1 Å². The van der Waals surface area contributed by atoms with Crippen LogP contribution in [0.4, 0.5) is 0 Å². The molecule has 2 bridgehead atoms. The van der Waals surface area contributed by atoms with Gasteiger partial charge < -0.3 is 14.2 Å². The summed E-state index contributed by atoms with van der Waals surface area (Å²) in [4.78, 5) is 17.0. The molecule has 7 heteroatoms. The Morgan fingerprint density at radius 1 is 1.20 bits per heavy atom. The summed E-state index contributed by atoms with van der Waals surface area (Å²) in [5, 5.41) is 0.379. The van der Waals surface area contributed by atoms with Gasteiger partial charge in [0.15, 0.2) is 0 Å². The average molecular weight is 425 g/mol. The molecule has 0 unspecified atom stereocenters. The molecule has 6 nitrogen and oxygen atoms in total. The predicted octanol–water partition coefficient (Wildman–Crippen LogP) is 3.60. The van der Waals surface area contributed by atoms with Crippen molar-refractivity contribution in [1.82, 2.24) is 9.55 Å². The second-order valence-electron chi connectivity index (χ2n) is 9.04. The van der Waals surface area contributed by atoms with Crippen LogP contribution in [0.5, 0.6) is 0 Å². The molecule has 2 aromatic rings. The van der Waals surface area contributed by atoms with E-state index in [0.29, 0.717) is 22.6 Å². The number of hydrogen-bond donors (Lipinski definition) is 0. The average Bonchev–Trinajstić information content (AvgIpc) is 3.21. The number of fused-ring (bicyclic) bond motifs is 3. The third-order valence-corrected chi connectivity index (χ3v) is 7.94. The zero-order chi connectivity index (χ0) is 20.3. The number of esters is 1. The van der Waals surface area contributed by atoms with Gasteiger partial charge in [-0.15, -0.1) is 0 Å². The second kappa shape index (κ2) is 6.89. The topological polar surface area (TPSA) is 65.9 Å². The number of aromatic nitrogens is 2. The fourth-order valence-electron chi connectivity index (χ4n) is 6.39. The number of epoxide rings is 1. The SMILES string of the molecule is O=C(O[C@H]1CCC[C@H]2C[C@H]3C[C@]21[C@@H](OC(=S)n1ccnc1)[C@H]1O[C@H]31)c1ccccc1. The summed E-state index contributed by atoms with van der Waals surface area (Å²) in [6.45, 7) is 0. The first-order valence-corrected chi connectivity index (χ1v) is 11.2. The first-order valence-electron chi connectivity index (χ1n) is 10.8. The Morgan fingerprint density at radius 3 is 2.87 bits per heavy atom. The lowest BCUT2D eigenvalue weighted by molar-refractivity contribution is -0.126. The van der Waals surface area contributed by atoms with Gasteiger partial charge in [-0.3, -0.25) is 4.57 Å². The van der Waals surface area contributed by atoms with Crippen LogP contribution in [0.3, 0.4) is 0 Å². The van der Waals surface area contributed by atoms with Crippen LogP contribution in [-0.2, 0) is 14.2 Å². The molecule has 3 aliphatic carbocycles. The van der Waals surface area contributed by atoms with E-state index < -0.39 is 0 Å². The number of rotatable bonds is 3. The molecule has 7 atom stereocenters. The largest absolute Gasteiger partial charge is 0.463 e. The van der Waals surface area contributed by atoms with Gasteiger partial charge >= 0.3 is 5.97 Å². The van der Waals surface area contributed by atoms with Gasteiger partial charge in [-0.2, -0.15) is 0 Å². The number of benzene rings is 1. The summed E-state index contributed by atoms with van der Waals surface area (Å²) >= 11 is 5.57. The zero-order valence-electron chi connectivity index (χ0n) is 16.6. The van der Waals surface area contributed by atoms with E-state index in [-0.39, 0.29) is 35.8 Å². The fourth-order valence-corrected chi connectivity index (χ4v) is 6.60. The fraction of sp³-hybridized carbons (Fsp3) is 0.522. The Bertz CT molecular complexity index is 965. The van der Waals surface area contributed by atoms with E-state index in [1.165, 1.54) is 0 Å². The van der Waals surface area contributed by atoms with Gasteiger partial charge in [-0.1, -0.05) is 18.2 Å². The highest BCUT2D eigenvalue weighted by molar-refractivity contribution is 7.80. The highest BCUT2D eigenvalue weighted by Gasteiger charge is 2.73. The van der Waals surface area contributed by atoms with E-state index in [2.05, 4.69) is 4.98 Å². The minimum absolute atomic E-state index is 0.0336. The van der Waals surface area contributed by atoms with Crippen molar-refractivity contribution in [3.05, 3.63) is 54.6 Å². The van der Waals surface area contributed by atoms with Crippen molar-refractivity contribution in [3.63, 3.8) is 0 Å². The normalized spacial score (nSPS) is 38.3. The molecule has 0 radical (unpaired) electrons. The number of carbonyl (C=O) groups is 1. The Labute approximate surface area is 180 Å². The summed E-state index contributed by atoms with van der Waals surface area (Å²) in [6.07, 6.45) is 10.2. The maximum atomic E-state index is 12.9. The first kappa shape index (κ1) is 18.5. The van der Waals surface area contributed by atoms with E-state index in [4.69, 9.17) is 26.4 Å². The Morgan fingerprint density at radius 2 is 2.07 bits per heavy atom. The van der Waals surface area contributed by atoms with E-state index >= 15 is 0 Å². The van der Waals surface area contributed by atoms with E-state index in [1.807, 2.05) is 18.2 Å². The second-order valence-corrected chi connectivity index (χ2v) is 9.39. The van der Waals surface area contributed by atoms with Gasteiger partial charge in [0.1, 0.15) is 24.6 Å². The lowest BCUT2D eigenvalue weighted by atomic mass is 9.60. The quantitative estimate of drug-likeness (QED) is 0.426. The zero-order valence-corrected chi connectivity index (χ0v) is 17.4. The summed E-state index contributed by atoms with van der Waals surface area (Å²) in [5.74, 6) is 0.739. The lowest BCUT2D eigenvalue weighted by Gasteiger charge is -2.49. The Kier molecular flexibility index (Phi) is 4.25. The molecule has 0 amide bonds. The van der Waals surface area contributed by atoms with Crippen LogP contribution in [0, 0.1) is 17.3 Å². The third-order valence-electron chi connectivity index (χ3n) is 7.64. The molecule has 4 fully saturated rings. The van der Waals surface area contributed by atoms with Crippen molar-refractivity contribution in [3.8, 4) is 0 Å². The van der Waals surface area contributed by atoms with Crippen LogP contribution < -0.4 is 0 Å². The lowest BCUT2D eigenvalue weighted by Crippen LogP contribution is -2.57. The molecular formula is C23H24N2O4S. The maximum absolute atomic E-state index is 12.9. The van der Waals surface area contributed by atoms with Gasteiger partial charge in [-0.25, -0.2) is 9.78 Å². The minimum Gasteiger partial charge on any atom is -0.463 e. The van der Waals surface area contributed by atoms with Crippen molar-refractivity contribution < 1.29 is 19.0 Å². The number of nitrogens with zero attached hydrogens (tertiary/aromatic N) is 2. The molecule has 1 aromatic heterocycles. The highest BCUT2D eigenvalue weighted by Crippen LogP contribution is 2.67. The summed E-state index contributed by atoms with van der Waals surface area (Å²) in [5.41, 5.74) is 0.351. The smallest absolute Gasteiger partial charge is 0.338 e. The molecule has 1 saturated heterocycles. The number of imidazole rings is 1. The molecular weight excluding hydrogens is 400 g/mol. The molecule has 2 heterocycles. The molecule has 30 heavy (non-hydrogen) atoms. The third kappa shape index (κ3) is 2.75. The highest BCUT2D eigenvalue weighted by atomic mass is 32.1. The summed E-state index contributed by atoms with van der Waals surface area (Å²) < 4.78 is 20.4. The van der Waals surface area contributed by atoms with E-state index in [9.17, 15) is 4.79 Å². The number of hydrogen-bond acceptors (Lipinski definition) is 6. The minimum atomic E-state index is -0.256. The van der Waals surface area contributed by atoms with Crippen molar-refractivity contribution in [2.45, 2.75) is 56.5 Å². The molecule has 0 N–H and O–H groups in total. The molecule has 1 spiro atoms. The van der Waals surface area contributed by atoms with Crippen molar-refractivity contribution >= 4 is 23.4 Å². The van der Waals surface area contributed by atoms with Crippen LogP contribution in [-0.4, -0.2) is 45.1 Å². The molecule has 3 saturated carbocycles. The standard InChI is InChI=1S/C23H24N2O4S/c26-21(14-5-2-1-3-6-14)27-17-8-4-7-16-11-15-12-23(16,17)20(19-18(15)28-19)29-22(30)25-10-9-24-13-25/h1-3,5-6,9-10,13,15-20H,4,7-8,11-12H2/t15-,16-,17-,18+,19-,20-,23-/m0/s1. The van der Waals surface area contributed by atoms with Crippen LogP contribution in [0.2, 0.25) is 0 Å². The Balaban J connectivity index is 1.32. The predicted molar refractivity (Wildman–Crippen MR) is 112 cm³/mol. The van der Waals surface area contributed by atoms with Gasteiger partial charge in [0, 0.05) is 12.4 Å². The first-order chi connectivity index (χ1) is 14.7.